The van der Waals surface area contributed by atoms with Gasteiger partial charge in [-0.05, 0) is 29.8 Å². The SMILES string of the molecule is O=C(C=Cc1ccccc1)Nc1cc[n+](CCCOc2c3occc3cc3ccc(=O)oc23)cc1. The maximum atomic E-state index is 12.1. The maximum Gasteiger partial charge on any atom is 0.336 e. The molecule has 0 bridgehead atoms. The van der Waals surface area contributed by atoms with Gasteiger partial charge in [0.15, 0.2) is 30.1 Å². The first-order valence-corrected chi connectivity index (χ1v) is 11.3. The number of rotatable bonds is 8. The normalized spacial score (nSPS) is 11.3. The van der Waals surface area contributed by atoms with Crippen LogP contribution < -0.4 is 20.2 Å². The highest BCUT2D eigenvalue weighted by molar-refractivity contribution is 6.02. The zero-order valence-electron chi connectivity index (χ0n) is 18.8. The van der Waals surface area contributed by atoms with E-state index in [1.54, 1.807) is 18.4 Å². The number of carbonyl (C=O) groups is 1. The molecule has 0 saturated carbocycles. The molecular weight excluding hydrogens is 444 g/mol. The first-order chi connectivity index (χ1) is 17.2. The number of fused-ring (bicyclic) bond motifs is 2. The zero-order valence-corrected chi connectivity index (χ0v) is 18.8. The van der Waals surface area contributed by atoms with Crippen molar-refractivity contribution in [1.82, 2.24) is 0 Å². The predicted octanol–water partition coefficient (Wildman–Crippen LogP) is 4.95. The molecule has 0 aliphatic rings. The minimum Gasteiger partial charge on any atom is -0.486 e. The number of benzene rings is 2. The molecule has 7 heteroatoms. The molecular formula is C28H23N2O5+. The standard InChI is InChI=1S/C28H22N2O5/c31-24(9-7-20-5-2-1-3-6-20)29-23-11-15-30(16-12-23)14-4-17-33-28-26-22(13-18-34-26)19-21-8-10-25(32)35-27(21)28/h1-3,5-13,15-16,18-19H,4,14,17H2/p+1. The average molecular weight is 468 g/mol. The molecule has 0 saturated heterocycles. The van der Waals surface area contributed by atoms with Crippen molar-refractivity contribution >= 4 is 39.6 Å². The quantitative estimate of drug-likeness (QED) is 0.151. The molecule has 1 N–H and O–H groups in total. The number of hydrogen-bond donors (Lipinski definition) is 1. The third kappa shape index (κ3) is 5.30. The summed E-state index contributed by atoms with van der Waals surface area (Å²) < 4.78 is 19.0. The number of pyridine rings is 1. The molecule has 0 aliphatic heterocycles. The van der Waals surface area contributed by atoms with Gasteiger partial charge in [0.1, 0.15) is 0 Å². The summed E-state index contributed by atoms with van der Waals surface area (Å²) in [6.45, 7) is 1.11. The fourth-order valence-electron chi connectivity index (χ4n) is 3.77. The lowest BCUT2D eigenvalue weighted by atomic mass is 10.1. The molecule has 0 spiro atoms. The van der Waals surface area contributed by atoms with Crippen LogP contribution in [0.25, 0.3) is 28.0 Å². The van der Waals surface area contributed by atoms with E-state index in [0.29, 0.717) is 42.2 Å². The third-order valence-electron chi connectivity index (χ3n) is 5.48. The highest BCUT2D eigenvalue weighted by atomic mass is 16.5. The summed E-state index contributed by atoms with van der Waals surface area (Å²) in [5.74, 6) is 0.248. The first-order valence-electron chi connectivity index (χ1n) is 11.3. The van der Waals surface area contributed by atoms with Gasteiger partial charge < -0.3 is 18.9 Å². The topological polar surface area (TPSA) is 85.6 Å². The number of carbonyl (C=O) groups excluding carboxylic acids is 1. The van der Waals surface area contributed by atoms with Gasteiger partial charge in [-0.1, -0.05) is 30.3 Å². The molecule has 5 rings (SSSR count). The lowest BCUT2D eigenvalue weighted by molar-refractivity contribution is -0.697. The first kappa shape index (κ1) is 22.2. The summed E-state index contributed by atoms with van der Waals surface area (Å²) in [4.78, 5) is 23.9. The van der Waals surface area contributed by atoms with Crippen molar-refractivity contribution < 1.29 is 22.9 Å². The van der Waals surface area contributed by atoms with E-state index in [2.05, 4.69) is 5.32 Å². The molecule has 3 aromatic heterocycles. The largest absolute Gasteiger partial charge is 0.486 e. The van der Waals surface area contributed by atoms with Crippen molar-refractivity contribution in [2.75, 3.05) is 11.9 Å². The van der Waals surface area contributed by atoms with Crippen LogP contribution in [0.4, 0.5) is 5.69 Å². The lowest BCUT2D eigenvalue weighted by Gasteiger charge is -2.08. The minimum atomic E-state index is -0.438. The van der Waals surface area contributed by atoms with Gasteiger partial charge in [0.05, 0.1) is 18.6 Å². The molecule has 0 aliphatic carbocycles. The van der Waals surface area contributed by atoms with Crippen molar-refractivity contribution in [3.05, 3.63) is 107 Å². The second-order valence-electron chi connectivity index (χ2n) is 7.98. The van der Waals surface area contributed by atoms with Gasteiger partial charge in [-0.3, -0.25) is 4.79 Å². The van der Waals surface area contributed by atoms with Crippen molar-refractivity contribution in [2.45, 2.75) is 13.0 Å². The molecule has 2 aromatic carbocycles. The summed E-state index contributed by atoms with van der Waals surface area (Å²) in [5.41, 5.74) is 2.18. The van der Waals surface area contributed by atoms with Crippen LogP contribution in [-0.2, 0) is 11.3 Å². The number of amides is 1. The van der Waals surface area contributed by atoms with Crippen LogP contribution >= 0.6 is 0 Å². The van der Waals surface area contributed by atoms with Crippen LogP contribution in [-0.4, -0.2) is 12.5 Å². The second-order valence-corrected chi connectivity index (χ2v) is 7.98. The number of furan rings is 1. The zero-order chi connectivity index (χ0) is 24.0. The van der Waals surface area contributed by atoms with Crippen LogP contribution in [0.5, 0.6) is 5.75 Å². The Morgan fingerprint density at radius 3 is 2.60 bits per heavy atom. The molecule has 0 unspecified atom stereocenters. The Morgan fingerprint density at radius 2 is 1.77 bits per heavy atom. The van der Waals surface area contributed by atoms with Crippen LogP contribution in [0.1, 0.15) is 12.0 Å². The van der Waals surface area contributed by atoms with E-state index in [9.17, 15) is 9.59 Å². The number of aromatic nitrogens is 1. The summed E-state index contributed by atoms with van der Waals surface area (Å²) in [7, 11) is 0. The van der Waals surface area contributed by atoms with Crippen molar-refractivity contribution in [3.8, 4) is 5.75 Å². The van der Waals surface area contributed by atoms with E-state index in [0.717, 1.165) is 16.3 Å². The Hall–Kier alpha value is -4.65. The van der Waals surface area contributed by atoms with Crippen molar-refractivity contribution in [2.24, 2.45) is 0 Å². The molecule has 0 radical (unpaired) electrons. The van der Waals surface area contributed by atoms with Crippen molar-refractivity contribution in [1.29, 1.82) is 0 Å². The fourth-order valence-corrected chi connectivity index (χ4v) is 3.77. The summed E-state index contributed by atoms with van der Waals surface area (Å²) in [6.07, 6.45) is 9.39. The van der Waals surface area contributed by atoms with E-state index < -0.39 is 5.63 Å². The Kier molecular flexibility index (Phi) is 6.39. The highest BCUT2D eigenvalue weighted by Crippen LogP contribution is 2.34. The van der Waals surface area contributed by atoms with Gasteiger partial charge >= 0.3 is 5.63 Å². The number of hydrogen-bond acceptors (Lipinski definition) is 5. The Morgan fingerprint density at radius 1 is 0.971 bits per heavy atom. The Balaban J connectivity index is 1.17. The number of anilines is 1. The minimum absolute atomic E-state index is 0.189. The van der Waals surface area contributed by atoms with Gasteiger partial charge in [0.25, 0.3) is 0 Å². The average Bonchev–Trinajstić information content (AvgIpc) is 3.35. The van der Waals surface area contributed by atoms with Crippen LogP contribution in [0.2, 0.25) is 0 Å². The molecule has 7 nitrogen and oxygen atoms in total. The van der Waals surface area contributed by atoms with Gasteiger partial charge in [-0.15, -0.1) is 0 Å². The van der Waals surface area contributed by atoms with Gasteiger partial charge in [-0.2, -0.15) is 0 Å². The van der Waals surface area contributed by atoms with Crippen molar-refractivity contribution in [3.63, 3.8) is 0 Å². The molecule has 174 valence electrons. The third-order valence-corrected chi connectivity index (χ3v) is 5.48. The van der Waals surface area contributed by atoms with Gasteiger partial charge in [0.2, 0.25) is 11.7 Å². The smallest absolute Gasteiger partial charge is 0.336 e. The van der Waals surface area contributed by atoms with E-state index in [-0.39, 0.29) is 5.91 Å². The molecule has 0 fully saturated rings. The van der Waals surface area contributed by atoms with E-state index in [1.807, 2.05) is 71.6 Å². The van der Waals surface area contributed by atoms with Crippen LogP contribution in [0.3, 0.4) is 0 Å². The number of nitrogens with one attached hydrogen (secondary N) is 1. The molecule has 35 heavy (non-hydrogen) atoms. The number of nitrogens with zero attached hydrogens (tertiary/aromatic N) is 1. The van der Waals surface area contributed by atoms with E-state index >= 15 is 0 Å². The van der Waals surface area contributed by atoms with E-state index in [4.69, 9.17) is 13.6 Å². The maximum absolute atomic E-state index is 12.1. The predicted molar refractivity (Wildman–Crippen MR) is 133 cm³/mol. The van der Waals surface area contributed by atoms with E-state index in [1.165, 1.54) is 12.1 Å². The summed E-state index contributed by atoms with van der Waals surface area (Å²) in [6, 6.07) is 20.2. The monoisotopic (exact) mass is 467 g/mol. The summed E-state index contributed by atoms with van der Waals surface area (Å²) >= 11 is 0. The highest BCUT2D eigenvalue weighted by Gasteiger charge is 2.15. The number of aryl methyl sites for hydroxylation is 1. The van der Waals surface area contributed by atoms with Crippen LogP contribution in [0.15, 0.2) is 105 Å². The van der Waals surface area contributed by atoms with Crippen LogP contribution in [0, 0.1) is 0 Å². The second kappa shape index (κ2) is 10.1. The Bertz CT molecular complexity index is 1550. The fraction of sp³-hybridized carbons (Fsp3) is 0.107. The van der Waals surface area contributed by atoms with Gasteiger partial charge in [0, 0.05) is 41.5 Å². The Labute approximate surface area is 200 Å². The molecule has 5 aromatic rings. The van der Waals surface area contributed by atoms with Gasteiger partial charge in [-0.25, -0.2) is 9.36 Å². The summed E-state index contributed by atoms with van der Waals surface area (Å²) in [5, 5.41) is 4.51. The lowest BCUT2D eigenvalue weighted by Crippen LogP contribution is -2.33. The molecule has 1 amide bonds. The molecule has 0 atom stereocenters. The molecule has 3 heterocycles. The number of ether oxygens (including phenoxy) is 1.